The van der Waals surface area contributed by atoms with E-state index in [0.717, 1.165) is 0 Å². The minimum atomic E-state index is -3.34. The van der Waals surface area contributed by atoms with Crippen molar-refractivity contribution < 1.29 is 8.42 Å². The summed E-state index contributed by atoms with van der Waals surface area (Å²) in [7, 11) is -3.34. The highest BCUT2D eigenvalue weighted by Crippen LogP contribution is 2.17. The largest absolute Gasteiger partial charge is 0.286 e. The van der Waals surface area contributed by atoms with E-state index in [0.29, 0.717) is 5.69 Å². The van der Waals surface area contributed by atoms with Crippen LogP contribution in [0.2, 0.25) is 0 Å². The number of hydrogen-bond donors (Lipinski definition) is 1. The van der Waals surface area contributed by atoms with E-state index >= 15 is 0 Å². The van der Waals surface area contributed by atoms with Crippen LogP contribution in [0.25, 0.3) is 6.08 Å². The zero-order valence-electron chi connectivity index (χ0n) is 6.06. The molecule has 0 radical (unpaired) electrons. The van der Waals surface area contributed by atoms with Crippen molar-refractivity contribution in [2.75, 3.05) is 0 Å². The number of aromatic nitrogens is 1. The first-order valence-electron chi connectivity index (χ1n) is 3.34. The van der Waals surface area contributed by atoms with E-state index in [1.54, 1.807) is 18.3 Å². The first-order chi connectivity index (χ1) is 5.70. The van der Waals surface area contributed by atoms with Crippen molar-refractivity contribution in [3.63, 3.8) is 0 Å². The van der Waals surface area contributed by atoms with Gasteiger partial charge in [-0.3, -0.25) is 9.71 Å². The predicted octanol–water partition coefficient (Wildman–Crippen LogP) is 0.344. The number of hydrogen-bond acceptors (Lipinski definition) is 3. The van der Waals surface area contributed by atoms with E-state index in [-0.39, 0.29) is 4.90 Å². The summed E-state index contributed by atoms with van der Waals surface area (Å²) in [6.45, 7) is 0. The van der Waals surface area contributed by atoms with Gasteiger partial charge in [0.05, 0.1) is 5.69 Å². The van der Waals surface area contributed by atoms with Crippen molar-refractivity contribution in [2.24, 2.45) is 0 Å². The van der Waals surface area contributed by atoms with Crippen LogP contribution in [0, 0.1) is 0 Å². The second-order valence-electron chi connectivity index (χ2n) is 2.34. The fraction of sp³-hybridized carbons (Fsp3) is 0. The Morgan fingerprint density at radius 1 is 1.42 bits per heavy atom. The van der Waals surface area contributed by atoms with E-state index in [2.05, 4.69) is 9.71 Å². The van der Waals surface area contributed by atoms with Gasteiger partial charge in [0.2, 0.25) is 0 Å². The van der Waals surface area contributed by atoms with Gasteiger partial charge < -0.3 is 0 Å². The molecule has 1 aliphatic rings. The molecule has 1 N–H and O–H groups in total. The number of fused-ring (bicyclic) bond motifs is 1. The Morgan fingerprint density at radius 3 is 3.00 bits per heavy atom. The number of pyridine rings is 1. The van der Waals surface area contributed by atoms with E-state index in [9.17, 15) is 8.42 Å². The Kier molecular flexibility index (Phi) is 1.41. The van der Waals surface area contributed by atoms with Crippen LogP contribution in [-0.4, -0.2) is 13.4 Å². The van der Waals surface area contributed by atoms with Crippen LogP contribution in [0.5, 0.6) is 0 Å². The maximum atomic E-state index is 11.3. The van der Waals surface area contributed by atoms with Gasteiger partial charge in [-0.1, -0.05) is 0 Å². The molecule has 1 aliphatic heterocycles. The van der Waals surface area contributed by atoms with Crippen LogP contribution >= 0.6 is 0 Å². The summed E-state index contributed by atoms with van der Waals surface area (Å²) in [5.74, 6) is 0. The monoisotopic (exact) mass is 182 g/mol. The molecule has 4 nitrogen and oxygen atoms in total. The third-order valence-corrected chi connectivity index (χ3v) is 2.92. The van der Waals surface area contributed by atoms with Gasteiger partial charge in [0, 0.05) is 12.4 Å². The second kappa shape index (κ2) is 2.31. The van der Waals surface area contributed by atoms with Gasteiger partial charge in [0.15, 0.2) is 0 Å². The molecule has 0 saturated carbocycles. The summed E-state index contributed by atoms with van der Waals surface area (Å²) in [6, 6.07) is 3.12. The quantitative estimate of drug-likeness (QED) is 0.629. The number of nitrogens with one attached hydrogen (secondary N) is 1. The summed E-state index contributed by atoms with van der Waals surface area (Å²) in [5, 5.41) is 0. The van der Waals surface area contributed by atoms with E-state index < -0.39 is 10.0 Å². The molecule has 5 heteroatoms. The SMILES string of the molecule is O=S1(=O)NC=Cc2ncccc21. The van der Waals surface area contributed by atoms with Crippen molar-refractivity contribution in [3.05, 3.63) is 30.2 Å². The molecule has 1 aromatic rings. The molecule has 1 aromatic heterocycles. The predicted molar refractivity (Wildman–Crippen MR) is 43.6 cm³/mol. The number of sulfonamides is 1. The van der Waals surface area contributed by atoms with Gasteiger partial charge in [-0.2, -0.15) is 0 Å². The fourth-order valence-electron chi connectivity index (χ4n) is 1.02. The summed E-state index contributed by atoms with van der Waals surface area (Å²) in [4.78, 5) is 4.14. The van der Waals surface area contributed by atoms with E-state index in [4.69, 9.17) is 0 Å². The third-order valence-electron chi connectivity index (χ3n) is 1.55. The Labute approximate surface area is 70.0 Å². The third kappa shape index (κ3) is 0.984. The lowest BCUT2D eigenvalue weighted by atomic mass is 10.3. The molecule has 0 fully saturated rings. The molecule has 0 bridgehead atoms. The van der Waals surface area contributed by atoms with Crippen LogP contribution in [0.4, 0.5) is 0 Å². The topological polar surface area (TPSA) is 59.1 Å². The van der Waals surface area contributed by atoms with Crippen LogP contribution in [0.3, 0.4) is 0 Å². The molecule has 0 aliphatic carbocycles. The summed E-state index contributed by atoms with van der Waals surface area (Å²) in [6.07, 6.45) is 4.55. The van der Waals surface area contributed by atoms with Crippen LogP contribution in [0.15, 0.2) is 29.4 Å². The lowest BCUT2D eigenvalue weighted by Crippen LogP contribution is -2.22. The highest BCUT2D eigenvalue weighted by molar-refractivity contribution is 7.89. The number of nitrogens with zero attached hydrogens (tertiary/aromatic N) is 1. The van der Waals surface area contributed by atoms with Crippen molar-refractivity contribution in [3.8, 4) is 0 Å². The maximum Gasteiger partial charge on any atom is 0.263 e. The van der Waals surface area contributed by atoms with Crippen molar-refractivity contribution in [1.82, 2.24) is 9.71 Å². The normalized spacial score (nSPS) is 18.0. The van der Waals surface area contributed by atoms with Gasteiger partial charge >= 0.3 is 0 Å². The first kappa shape index (κ1) is 7.30. The summed E-state index contributed by atoms with van der Waals surface area (Å²) in [5.41, 5.74) is 0.483. The molecule has 0 atom stereocenters. The lowest BCUT2D eigenvalue weighted by molar-refractivity contribution is 0.589. The molecule has 0 amide bonds. The van der Waals surface area contributed by atoms with Crippen molar-refractivity contribution in [2.45, 2.75) is 4.90 Å². The standard InChI is InChI=1S/C7H6N2O2S/c10-12(11)7-2-1-4-8-6(7)3-5-9-12/h1-5,9H. The summed E-state index contributed by atoms with van der Waals surface area (Å²) < 4.78 is 24.8. The first-order valence-corrected chi connectivity index (χ1v) is 4.82. The van der Waals surface area contributed by atoms with Crippen molar-refractivity contribution in [1.29, 1.82) is 0 Å². The molecule has 0 aromatic carbocycles. The van der Waals surface area contributed by atoms with E-state index in [1.165, 1.54) is 12.3 Å². The average Bonchev–Trinajstić information content (AvgIpc) is 2.04. The summed E-state index contributed by atoms with van der Waals surface area (Å²) >= 11 is 0. The Morgan fingerprint density at radius 2 is 2.25 bits per heavy atom. The molecular weight excluding hydrogens is 176 g/mol. The minimum Gasteiger partial charge on any atom is -0.286 e. The highest BCUT2D eigenvalue weighted by Gasteiger charge is 2.19. The molecular formula is C7H6N2O2S. The molecule has 0 saturated heterocycles. The van der Waals surface area contributed by atoms with Crippen molar-refractivity contribution >= 4 is 16.1 Å². The zero-order chi connectivity index (χ0) is 8.60. The molecule has 0 spiro atoms. The second-order valence-corrected chi connectivity index (χ2v) is 4.02. The molecule has 2 rings (SSSR count). The Balaban J connectivity index is 2.77. The van der Waals surface area contributed by atoms with Crippen LogP contribution in [-0.2, 0) is 10.0 Å². The fourth-order valence-corrected chi connectivity index (χ4v) is 2.05. The lowest BCUT2D eigenvalue weighted by Gasteiger charge is -2.10. The van der Waals surface area contributed by atoms with Gasteiger partial charge in [-0.25, -0.2) is 8.42 Å². The Bertz CT molecular complexity index is 436. The molecule has 12 heavy (non-hydrogen) atoms. The molecule has 2 heterocycles. The maximum absolute atomic E-state index is 11.3. The van der Waals surface area contributed by atoms with Crippen LogP contribution < -0.4 is 4.72 Å². The molecule has 0 unspecified atom stereocenters. The average molecular weight is 182 g/mol. The molecule has 62 valence electrons. The van der Waals surface area contributed by atoms with Gasteiger partial charge in [-0.15, -0.1) is 0 Å². The zero-order valence-corrected chi connectivity index (χ0v) is 6.88. The Hall–Kier alpha value is -1.36. The van der Waals surface area contributed by atoms with Gasteiger partial charge in [0.1, 0.15) is 4.90 Å². The number of rotatable bonds is 0. The minimum absolute atomic E-state index is 0.229. The highest BCUT2D eigenvalue weighted by atomic mass is 32.2. The van der Waals surface area contributed by atoms with Gasteiger partial charge in [0.25, 0.3) is 10.0 Å². The van der Waals surface area contributed by atoms with Gasteiger partial charge in [-0.05, 0) is 18.2 Å². The van der Waals surface area contributed by atoms with Crippen LogP contribution in [0.1, 0.15) is 5.69 Å². The van der Waals surface area contributed by atoms with E-state index in [1.807, 2.05) is 0 Å². The smallest absolute Gasteiger partial charge is 0.263 e.